The van der Waals surface area contributed by atoms with E-state index in [9.17, 15) is 9.59 Å². The predicted molar refractivity (Wildman–Crippen MR) is 72.7 cm³/mol. The molecule has 0 spiro atoms. The zero-order valence-corrected chi connectivity index (χ0v) is 11.4. The molecule has 0 radical (unpaired) electrons. The summed E-state index contributed by atoms with van der Waals surface area (Å²) in [6.45, 7) is 1.65. The van der Waals surface area contributed by atoms with Crippen molar-refractivity contribution >= 4 is 11.9 Å². The summed E-state index contributed by atoms with van der Waals surface area (Å²) >= 11 is 0. The molecule has 2 aliphatic heterocycles. The van der Waals surface area contributed by atoms with Gasteiger partial charge in [0.2, 0.25) is 0 Å². The van der Waals surface area contributed by atoms with Gasteiger partial charge in [0.05, 0.1) is 11.8 Å². The van der Waals surface area contributed by atoms with Crippen molar-refractivity contribution in [3.8, 4) is 0 Å². The first kappa shape index (κ1) is 13.4. The van der Waals surface area contributed by atoms with Crippen molar-refractivity contribution in [1.82, 2.24) is 0 Å². The molecule has 5 heteroatoms. The second kappa shape index (κ2) is 5.44. The normalized spacial score (nSPS) is 26.5. The SMILES string of the molecule is CC1=C[C@H](O/C=C2\C[C@@H](c3ccccc3)OC2=O)OC1=O. The summed E-state index contributed by atoms with van der Waals surface area (Å²) < 4.78 is 15.5. The highest BCUT2D eigenvalue weighted by Gasteiger charge is 2.31. The number of hydrogen-bond acceptors (Lipinski definition) is 5. The van der Waals surface area contributed by atoms with Gasteiger partial charge in [-0.2, -0.15) is 0 Å². The standard InChI is InChI=1S/C16H14O5/c1-10-7-14(21-15(10)17)19-9-12-8-13(20-16(12)18)11-5-3-2-4-6-11/h2-7,9,13-14H,8H2,1H3/b12-9+/t13-,14+/m0/s1. The average Bonchev–Trinajstić information content (AvgIpc) is 3.01. The number of carbonyl (C=O) groups excluding carboxylic acids is 2. The molecule has 0 N–H and O–H groups in total. The summed E-state index contributed by atoms with van der Waals surface area (Å²) in [6, 6.07) is 9.52. The van der Waals surface area contributed by atoms with Crippen LogP contribution in [0.4, 0.5) is 0 Å². The molecule has 21 heavy (non-hydrogen) atoms. The van der Waals surface area contributed by atoms with Gasteiger partial charge in [0.1, 0.15) is 6.10 Å². The van der Waals surface area contributed by atoms with Crippen molar-refractivity contribution in [2.45, 2.75) is 25.7 Å². The molecular weight excluding hydrogens is 272 g/mol. The fourth-order valence-corrected chi connectivity index (χ4v) is 2.20. The summed E-state index contributed by atoms with van der Waals surface area (Å²) in [5, 5.41) is 0. The minimum Gasteiger partial charge on any atom is -0.458 e. The van der Waals surface area contributed by atoms with Crippen LogP contribution in [0.5, 0.6) is 0 Å². The number of rotatable bonds is 3. The van der Waals surface area contributed by atoms with Crippen LogP contribution in [0.1, 0.15) is 25.0 Å². The van der Waals surface area contributed by atoms with E-state index in [-0.39, 0.29) is 6.10 Å². The minimum atomic E-state index is -0.770. The van der Waals surface area contributed by atoms with Gasteiger partial charge in [-0.15, -0.1) is 0 Å². The molecule has 3 rings (SSSR count). The molecule has 1 aromatic rings. The van der Waals surface area contributed by atoms with Crippen molar-refractivity contribution in [2.24, 2.45) is 0 Å². The van der Waals surface area contributed by atoms with Crippen LogP contribution >= 0.6 is 0 Å². The maximum Gasteiger partial charge on any atom is 0.337 e. The molecule has 0 unspecified atom stereocenters. The molecule has 0 amide bonds. The first-order valence-corrected chi connectivity index (χ1v) is 6.63. The third kappa shape index (κ3) is 2.81. The quantitative estimate of drug-likeness (QED) is 0.485. The molecule has 2 atom stereocenters. The van der Waals surface area contributed by atoms with Gasteiger partial charge in [-0.3, -0.25) is 0 Å². The van der Waals surface area contributed by atoms with Crippen LogP contribution in [0.3, 0.4) is 0 Å². The summed E-state index contributed by atoms with van der Waals surface area (Å²) in [5.41, 5.74) is 1.87. The molecule has 1 saturated heterocycles. The van der Waals surface area contributed by atoms with Crippen LogP contribution in [-0.2, 0) is 23.8 Å². The Morgan fingerprint density at radius 3 is 2.57 bits per heavy atom. The Bertz CT molecular complexity index is 629. The second-order valence-corrected chi connectivity index (χ2v) is 4.91. The molecule has 0 aliphatic carbocycles. The Morgan fingerprint density at radius 1 is 1.14 bits per heavy atom. The molecule has 0 bridgehead atoms. The number of hydrogen-bond donors (Lipinski definition) is 0. The predicted octanol–water partition coefficient (Wildman–Crippen LogP) is 2.40. The smallest absolute Gasteiger partial charge is 0.337 e. The van der Waals surface area contributed by atoms with E-state index in [0.29, 0.717) is 17.6 Å². The number of ether oxygens (including phenoxy) is 3. The van der Waals surface area contributed by atoms with E-state index in [1.807, 2.05) is 30.3 Å². The molecule has 0 saturated carbocycles. The van der Waals surface area contributed by atoms with Crippen molar-refractivity contribution in [2.75, 3.05) is 0 Å². The first-order valence-electron chi connectivity index (χ1n) is 6.63. The monoisotopic (exact) mass is 286 g/mol. The van der Waals surface area contributed by atoms with Crippen LogP contribution in [0.25, 0.3) is 0 Å². The number of carbonyl (C=O) groups is 2. The Balaban J connectivity index is 1.66. The van der Waals surface area contributed by atoms with Gasteiger partial charge in [0.25, 0.3) is 6.29 Å². The number of esters is 2. The van der Waals surface area contributed by atoms with Crippen molar-refractivity contribution in [3.05, 3.63) is 59.4 Å². The number of benzene rings is 1. The number of cyclic esters (lactones) is 2. The molecule has 2 aliphatic rings. The summed E-state index contributed by atoms with van der Waals surface area (Å²) in [5.74, 6) is -0.816. The van der Waals surface area contributed by atoms with Crippen molar-refractivity contribution in [3.63, 3.8) is 0 Å². The Labute approximate surface area is 121 Å². The highest BCUT2D eigenvalue weighted by atomic mass is 16.7. The van der Waals surface area contributed by atoms with Gasteiger partial charge in [-0.25, -0.2) is 9.59 Å². The molecular formula is C16H14O5. The molecule has 108 valence electrons. The van der Waals surface area contributed by atoms with Gasteiger partial charge >= 0.3 is 11.9 Å². The fourth-order valence-electron chi connectivity index (χ4n) is 2.20. The largest absolute Gasteiger partial charge is 0.458 e. The third-order valence-electron chi connectivity index (χ3n) is 3.36. The van der Waals surface area contributed by atoms with E-state index in [2.05, 4.69) is 0 Å². The lowest BCUT2D eigenvalue weighted by Gasteiger charge is -2.07. The Morgan fingerprint density at radius 2 is 1.90 bits per heavy atom. The lowest BCUT2D eigenvalue weighted by Crippen LogP contribution is -2.10. The molecule has 1 fully saturated rings. The highest BCUT2D eigenvalue weighted by Crippen LogP contribution is 2.33. The van der Waals surface area contributed by atoms with Crippen LogP contribution in [0.2, 0.25) is 0 Å². The van der Waals surface area contributed by atoms with E-state index < -0.39 is 18.2 Å². The maximum atomic E-state index is 11.8. The van der Waals surface area contributed by atoms with Gasteiger partial charge < -0.3 is 14.2 Å². The lowest BCUT2D eigenvalue weighted by atomic mass is 10.1. The highest BCUT2D eigenvalue weighted by molar-refractivity contribution is 5.91. The third-order valence-corrected chi connectivity index (χ3v) is 3.36. The fraction of sp³-hybridized carbons (Fsp3) is 0.250. The maximum absolute atomic E-state index is 11.8. The van der Waals surface area contributed by atoms with Crippen LogP contribution in [-0.4, -0.2) is 18.2 Å². The van der Waals surface area contributed by atoms with Gasteiger partial charge in [-0.05, 0) is 12.5 Å². The Kier molecular flexibility index (Phi) is 3.48. The average molecular weight is 286 g/mol. The first-order chi connectivity index (χ1) is 10.1. The zero-order valence-electron chi connectivity index (χ0n) is 11.4. The Hall–Kier alpha value is -2.56. The van der Waals surface area contributed by atoms with Gasteiger partial charge in [-0.1, -0.05) is 30.3 Å². The summed E-state index contributed by atoms with van der Waals surface area (Å²) in [7, 11) is 0. The van der Waals surface area contributed by atoms with E-state index in [1.54, 1.807) is 13.0 Å². The van der Waals surface area contributed by atoms with E-state index >= 15 is 0 Å². The van der Waals surface area contributed by atoms with Gasteiger partial charge in [0, 0.05) is 18.1 Å². The second-order valence-electron chi connectivity index (χ2n) is 4.91. The molecule has 1 aromatic carbocycles. The van der Waals surface area contributed by atoms with E-state index in [1.165, 1.54) is 6.26 Å². The van der Waals surface area contributed by atoms with Crippen LogP contribution in [0.15, 0.2) is 53.8 Å². The van der Waals surface area contributed by atoms with Crippen LogP contribution < -0.4 is 0 Å². The molecule has 2 heterocycles. The lowest BCUT2D eigenvalue weighted by molar-refractivity contribution is -0.152. The summed E-state index contributed by atoms with van der Waals surface area (Å²) in [6.07, 6.45) is 2.25. The minimum absolute atomic E-state index is 0.294. The topological polar surface area (TPSA) is 61.8 Å². The van der Waals surface area contributed by atoms with Crippen molar-refractivity contribution in [1.29, 1.82) is 0 Å². The molecule has 0 aromatic heterocycles. The zero-order chi connectivity index (χ0) is 14.8. The van der Waals surface area contributed by atoms with Crippen molar-refractivity contribution < 1.29 is 23.8 Å². The van der Waals surface area contributed by atoms with E-state index in [4.69, 9.17) is 14.2 Å². The summed E-state index contributed by atoms with van der Waals surface area (Å²) in [4.78, 5) is 23.0. The van der Waals surface area contributed by atoms with E-state index in [0.717, 1.165) is 5.56 Å². The van der Waals surface area contributed by atoms with Crippen LogP contribution in [0, 0.1) is 0 Å². The molecule has 5 nitrogen and oxygen atoms in total. The van der Waals surface area contributed by atoms with Gasteiger partial charge in [0.15, 0.2) is 0 Å².